The van der Waals surface area contributed by atoms with E-state index in [-0.39, 0.29) is 5.91 Å². The SMILES string of the molecule is O=C(NC1=CCC=C1)C1=CC=CC1. The second-order valence-electron chi connectivity index (χ2n) is 3.08. The second-order valence-corrected chi connectivity index (χ2v) is 3.08. The van der Waals surface area contributed by atoms with Gasteiger partial charge in [0.25, 0.3) is 5.91 Å². The van der Waals surface area contributed by atoms with E-state index < -0.39 is 0 Å². The Balaban J connectivity index is 1.95. The van der Waals surface area contributed by atoms with Crippen LogP contribution in [0.1, 0.15) is 12.8 Å². The highest BCUT2D eigenvalue weighted by atomic mass is 16.1. The minimum absolute atomic E-state index is 0.0165. The first-order valence-corrected chi connectivity index (χ1v) is 4.40. The van der Waals surface area contributed by atoms with E-state index in [0.29, 0.717) is 0 Å². The molecule has 0 aromatic carbocycles. The molecule has 0 saturated heterocycles. The molecule has 0 bridgehead atoms. The van der Waals surface area contributed by atoms with Gasteiger partial charge < -0.3 is 5.32 Å². The molecule has 0 fully saturated rings. The lowest BCUT2D eigenvalue weighted by Crippen LogP contribution is -2.22. The number of amides is 1. The van der Waals surface area contributed by atoms with E-state index in [1.54, 1.807) is 0 Å². The Kier molecular flexibility index (Phi) is 2.13. The maximum Gasteiger partial charge on any atom is 0.251 e. The van der Waals surface area contributed by atoms with Gasteiger partial charge in [-0.05, 0) is 18.9 Å². The van der Waals surface area contributed by atoms with Crippen molar-refractivity contribution < 1.29 is 4.79 Å². The molecule has 0 aromatic heterocycles. The molecule has 0 atom stereocenters. The minimum atomic E-state index is 0.0165. The molecule has 0 radical (unpaired) electrons. The second kappa shape index (κ2) is 3.44. The molecule has 0 spiro atoms. The zero-order valence-electron chi connectivity index (χ0n) is 7.29. The molecule has 66 valence electrons. The fourth-order valence-corrected chi connectivity index (χ4v) is 1.38. The van der Waals surface area contributed by atoms with Crippen LogP contribution < -0.4 is 5.32 Å². The standard InChI is InChI=1S/C11H11NO/c13-11(9-5-1-2-6-9)12-10-7-3-4-8-10/h1-3,5,7-8H,4,6H2,(H,12,13). The van der Waals surface area contributed by atoms with Gasteiger partial charge in [0.15, 0.2) is 0 Å². The van der Waals surface area contributed by atoms with Crippen LogP contribution in [-0.2, 0) is 4.79 Å². The third-order valence-corrected chi connectivity index (χ3v) is 2.09. The first-order chi connectivity index (χ1) is 6.36. The third-order valence-electron chi connectivity index (χ3n) is 2.09. The van der Waals surface area contributed by atoms with Gasteiger partial charge in [-0.3, -0.25) is 4.79 Å². The Labute approximate surface area is 77.3 Å². The van der Waals surface area contributed by atoms with Crippen LogP contribution in [-0.4, -0.2) is 5.91 Å². The molecule has 13 heavy (non-hydrogen) atoms. The molecule has 0 aliphatic heterocycles. The van der Waals surface area contributed by atoms with Gasteiger partial charge in [0, 0.05) is 11.3 Å². The molecule has 2 heteroatoms. The van der Waals surface area contributed by atoms with Crippen LogP contribution in [0.15, 0.2) is 47.7 Å². The lowest BCUT2D eigenvalue weighted by Gasteiger charge is -2.03. The van der Waals surface area contributed by atoms with Crippen LogP contribution in [0.3, 0.4) is 0 Å². The average molecular weight is 173 g/mol. The number of allylic oxidation sites excluding steroid dienone is 6. The Bertz CT molecular complexity index is 345. The van der Waals surface area contributed by atoms with Crippen molar-refractivity contribution in [2.75, 3.05) is 0 Å². The van der Waals surface area contributed by atoms with E-state index in [4.69, 9.17) is 0 Å². The van der Waals surface area contributed by atoms with Crippen molar-refractivity contribution in [1.82, 2.24) is 5.32 Å². The van der Waals surface area contributed by atoms with Gasteiger partial charge >= 0.3 is 0 Å². The summed E-state index contributed by atoms with van der Waals surface area (Å²) in [5.74, 6) is 0.0165. The van der Waals surface area contributed by atoms with Crippen molar-refractivity contribution in [3.05, 3.63) is 47.7 Å². The average Bonchev–Trinajstić information content (AvgIpc) is 2.74. The van der Waals surface area contributed by atoms with Crippen LogP contribution in [0, 0.1) is 0 Å². The summed E-state index contributed by atoms with van der Waals surface area (Å²) in [6.45, 7) is 0. The molecule has 1 amide bonds. The Morgan fingerprint density at radius 3 is 2.92 bits per heavy atom. The van der Waals surface area contributed by atoms with Crippen molar-refractivity contribution in [2.24, 2.45) is 0 Å². The maximum atomic E-state index is 11.5. The van der Waals surface area contributed by atoms with Crippen molar-refractivity contribution in [3.63, 3.8) is 0 Å². The topological polar surface area (TPSA) is 29.1 Å². The summed E-state index contributed by atoms with van der Waals surface area (Å²) in [7, 11) is 0. The molecule has 0 saturated carbocycles. The highest BCUT2D eigenvalue weighted by molar-refractivity contribution is 5.96. The summed E-state index contributed by atoms with van der Waals surface area (Å²) in [6, 6.07) is 0. The lowest BCUT2D eigenvalue weighted by atomic mass is 10.2. The predicted molar refractivity (Wildman–Crippen MR) is 51.8 cm³/mol. The fourth-order valence-electron chi connectivity index (χ4n) is 1.38. The lowest BCUT2D eigenvalue weighted by molar-refractivity contribution is -0.116. The number of hydrogen-bond donors (Lipinski definition) is 1. The number of rotatable bonds is 2. The summed E-state index contributed by atoms with van der Waals surface area (Å²) in [6.07, 6.45) is 13.4. The highest BCUT2D eigenvalue weighted by Gasteiger charge is 2.10. The fraction of sp³-hybridized carbons (Fsp3) is 0.182. The Hall–Kier alpha value is -1.57. The van der Waals surface area contributed by atoms with E-state index >= 15 is 0 Å². The van der Waals surface area contributed by atoms with Gasteiger partial charge in [-0.25, -0.2) is 0 Å². The van der Waals surface area contributed by atoms with Crippen LogP contribution in [0.5, 0.6) is 0 Å². The minimum Gasteiger partial charge on any atom is -0.323 e. The zero-order valence-corrected chi connectivity index (χ0v) is 7.29. The molecule has 1 N–H and O–H groups in total. The molecular formula is C11H11NO. The summed E-state index contributed by atoms with van der Waals surface area (Å²) < 4.78 is 0. The van der Waals surface area contributed by atoms with E-state index in [1.807, 2.05) is 36.5 Å². The summed E-state index contributed by atoms with van der Waals surface area (Å²) in [4.78, 5) is 11.5. The zero-order chi connectivity index (χ0) is 9.10. The van der Waals surface area contributed by atoms with Gasteiger partial charge in [0.2, 0.25) is 0 Å². The van der Waals surface area contributed by atoms with Crippen LogP contribution in [0.25, 0.3) is 0 Å². The number of hydrogen-bond acceptors (Lipinski definition) is 1. The number of nitrogens with one attached hydrogen (secondary N) is 1. The Morgan fingerprint density at radius 2 is 2.31 bits per heavy atom. The predicted octanol–water partition coefficient (Wildman–Crippen LogP) is 1.83. The first-order valence-electron chi connectivity index (χ1n) is 4.40. The monoisotopic (exact) mass is 173 g/mol. The van der Waals surface area contributed by atoms with Crippen LogP contribution in [0.2, 0.25) is 0 Å². The molecule has 2 aliphatic carbocycles. The molecule has 0 heterocycles. The van der Waals surface area contributed by atoms with Crippen LogP contribution >= 0.6 is 0 Å². The Morgan fingerprint density at radius 1 is 1.38 bits per heavy atom. The van der Waals surface area contributed by atoms with Gasteiger partial charge in [0.1, 0.15) is 0 Å². The van der Waals surface area contributed by atoms with E-state index in [1.165, 1.54) is 0 Å². The smallest absolute Gasteiger partial charge is 0.251 e. The van der Waals surface area contributed by atoms with Gasteiger partial charge in [-0.15, -0.1) is 0 Å². The van der Waals surface area contributed by atoms with E-state index in [0.717, 1.165) is 24.1 Å². The molecule has 0 unspecified atom stereocenters. The van der Waals surface area contributed by atoms with E-state index in [2.05, 4.69) is 5.32 Å². The van der Waals surface area contributed by atoms with Crippen molar-refractivity contribution >= 4 is 5.91 Å². The summed E-state index contributed by atoms with van der Waals surface area (Å²) in [5.41, 5.74) is 1.75. The van der Waals surface area contributed by atoms with Gasteiger partial charge in [-0.2, -0.15) is 0 Å². The molecule has 2 nitrogen and oxygen atoms in total. The van der Waals surface area contributed by atoms with Crippen molar-refractivity contribution in [1.29, 1.82) is 0 Å². The van der Waals surface area contributed by atoms with Crippen molar-refractivity contribution in [2.45, 2.75) is 12.8 Å². The normalized spacial score (nSPS) is 18.8. The molecule has 2 aliphatic rings. The summed E-state index contributed by atoms with van der Waals surface area (Å²) in [5, 5.41) is 2.85. The number of carbonyl (C=O) groups is 1. The maximum absolute atomic E-state index is 11.5. The van der Waals surface area contributed by atoms with E-state index in [9.17, 15) is 4.79 Å². The van der Waals surface area contributed by atoms with Gasteiger partial charge in [-0.1, -0.05) is 30.4 Å². The third kappa shape index (κ3) is 1.78. The summed E-state index contributed by atoms with van der Waals surface area (Å²) >= 11 is 0. The largest absolute Gasteiger partial charge is 0.323 e. The van der Waals surface area contributed by atoms with Crippen molar-refractivity contribution in [3.8, 4) is 0 Å². The van der Waals surface area contributed by atoms with Crippen LogP contribution in [0.4, 0.5) is 0 Å². The first kappa shape index (κ1) is 8.05. The quantitative estimate of drug-likeness (QED) is 0.678. The molecule has 0 aromatic rings. The van der Waals surface area contributed by atoms with Gasteiger partial charge in [0.05, 0.1) is 0 Å². The molecule has 2 rings (SSSR count). The number of carbonyl (C=O) groups excluding carboxylic acids is 1. The molecular weight excluding hydrogens is 162 g/mol. The highest BCUT2D eigenvalue weighted by Crippen LogP contribution is 2.12.